The van der Waals surface area contributed by atoms with Gasteiger partial charge in [0, 0.05) is 11.9 Å². The summed E-state index contributed by atoms with van der Waals surface area (Å²) in [4.78, 5) is 14.7. The third-order valence-corrected chi connectivity index (χ3v) is 4.03. The predicted octanol–water partition coefficient (Wildman–Crippen LogP) is 3.15. The van der Waals surface area contributed by atoms with Gasteiger partial charge in [0.15, 0.2) is 5.69 Å². The van der Waals surface area contributed by atoms with Crippen molar-refractivity contribution in [2.45, 2.75) is 38.2 Å². The van der Waals surface area contributed by atoms with E-state index in [-0.39, 0.29) is 11.8 Å². The van der Waals surface area contributed by atoms with Crippen molar-refractivity contribution >= 4 is 5.97 Å². The van der Waals surface area contributed by atoms with Crippen LogP contribution in [0.25, 0.3) is 5.69 Å². The zero-order chi connectivity index (χ0) is 16.2. The van der Waals surface area contributed by atoms with E-state index in [4.69, 9.17) is 9.84 Å². The fraction of sp³-hybridized carbons (Fsp3) is 0.353. The number of nitrogens with zero attached hydrogens (tertiary/aromatic N) is 3. The monoisotopic (exact) mass is 311 g/mol. The van der Waals surface area contributed by atoms with E-state index in [1.165, 1.54) is 18.9 Å². The number of nitriles is 1. The average molecular weight is 311 g/mol. The minimum atomic E-state index is -1.08. The van der Waals surface area contributed by atoms with E-state index >= 15 is 0 Å². The van der Waals surface area contributed by atoms with Crippen LogP contribution in [0.15, 0.2) is 30.7 Å². The fourth-order valence-corrected chi connectivity index (χ4v) is 2.81. The van der Waals surface area contributed by atoms with E-state index in [0.29, 0.717) is 17.0 Å². The highest BCUT2D eigenvalue weighted by Gasteiger charge is 2.17. The molecule has 0 amide bonds. The zero-order valence-corrected chi connectivity index (χ0v) is 12.6. The molecular formula is C17H17N3O3. The second kappa shape index (κ2) is 6.53. The maximum Gasteiger partial charge on any atom is 0.356 e. The molecular weight excluding hydrogens is 294 g/mol. The first kappa shape index (κ1) is 15.1. The maximum atomic E-state index is 10.9. The lowest BCUT2D eigenvalue weighted by atomic mass is 9.97. The van der Waals surface area contributed by atoms with Gasteiger partial charge in [-0.15, -0.1) is 0 Å². The first-order valence-electron chi connectivity index (χ1n) is 7.66. The number of aromatic carboxylic acids is 1. The number of carbonyl (C=O) groups is 1. The number of carboxylic acid groups (broad SMARTS) is 1. The molecule has 1 fully saturated rings. The normalized spacial score (nSPS) is 15.1. The number of benzene rings is 1. The van der Waals surface area contributed by atoms with E-state index < -0.39 is 5.97 Å². The Labute approximate surface area is 134 Å². The van der Waals surface area contributed by atoms with Gasteiger partial charge in [-0.1, -0.05) is 6.42 Å². The van der Waals surface area contributed by atoms with Crippen LogP contribution in [0.3, 0.4) is 0 Å². The lowest BCUT2D eigenvalue weighted by Crippen LogP contribution is -2.20. The summed E-state index contributed by atoms with van der Waals surface area (Å²) in [5.41, 5.74) is 1.09. The minimum absolute atomic E-state index is 0.0361. The molecule has 0 radical (unpaired) electrons. The van der Waals surface area contributed by atoms with E-state index in [9.17, 15) is 10.1 Å². The zero-order valence-electron chi connectivity index (χ0n) is 12.6. The second-order valence-corrected chi connectivity index (χ2v) is 5.64. The molecule has 0 aliphatic heterocycles. The summed E-state index contributed by atoms with van der Waals surface area (Å²) >= 11 is 0. The summed E-state index contributed by atoms with van der Waals surface area (Å²) in [6.45, 7) is 0. The van der Waals surface area contributed by atoms with E-state index in [1.54, 1.807) is 22.8 Å². The molecule has 0 spiro atoms. The standard InChI is InChI=1S/C17H17N3O3/c18-9-12-8-13(20-10-15(17(21)22)19-11-20)6-7-16(12)23-14-4-2-1-3-5-14/h6-8,10-11,14H,1-5H2,(H,21,22). The molecule has 0 saturated heterocycles. The summed E-state index contributed by atoms with van der Waals surface area (Å²) in [6.07, 6.45) is 8.63. The van der Waals surface area contributed by atoms with Crippen LogP contribution >= 0.6 is 0 Å². The molecule has 1 N–H and O–H groups in total. The van der Waals surface area contributed by atoms with Gasteiger partial charge in [0.25, 0.3) is 0 Å². The number of rotatable bonds is 4. The van der Waals surface area contributed by atoms with Crippen LogP contribution in [-0.2, 0) is 0 Å². The van der Waals surface area contributed by atoms with Gasteiger partial charge < -0.3 is 14.4 Å². The summed E-state index contributed by atoms with van der Waals surface area (Å²) in [5, 5.41) is 18.3. The number of aromatic nitrogens is 2. The third kappa shape index (κ3) is 3.34. The van der Waals surface area contributed by atoms with Gasteiger partial charge >= 0.3 is 5.97 Å². The molecule has 6 heteroatoms. The van der Waals surface area contributed by atoms with Gasteiger partial charge in [-0.25, -0.2) is 9.78 Å². The van der Waals surface area contributed by atoms with Crippen molar-refractivity contribution in [2.24, 2.45) is 0 Å². The second-order valence-electron chi connectivity index (χ2n) is 5.64. The summed E-state index contributed by atoms with van der Waals surface area (Å²) in [7, 11) is 0. The van der Waals surface area contributed by atoms with Crippen LogP contribution in [-0.4, -0.2) is 26.7 Å². The maximum absolute atomic E-state index is 10.9. The molecule has 1 aromatic carbocycles. The van der Waals surface area contributed by atoms with E-state index in [2.05, 4.69) is 11.1 Å². The Balaban J connectivity index is 1.83. The Morgan fingerprint density at radius 1 is 1.35 bits per heavy atom. The van der Waals surface area contributed by atoms with Gasteiger partial charge in [0.1, 0.15) is 18.1 Å². The van der Waals surface area contributed by atoms with Crippen LogP contribution in [0.2, 0.25) is 0 Å². The quantitative estimate of drug-likeness (QED) is 0.937. The number of hydrogen-bond donors (Lipinski definition) is 1. The largest absolute Gasteiger partial charge is 0.489 e. The number of ether oxygens (including phenoxy) is 1. The molecule has 1 aliphatic rings. The highest BCUT2D eigenvalue weighted by Crippen LogP contribution is 2.27. The molecule has 0 atom stereocenters. The smallest absolute Gasteiger partial charge is 0.356 e. The topological polar surface area (TPSA) is 88.1 Å². The lowest BCUT2D eigenvalue weighted by molar-refractivity contribution is 0.0691. The van der Waals surface area contributed by atoms with Crippen LogP contribution in [0.1, 0.15) is 48.2 Å². The van der Waals surface area contributed by atoms with Crippen molar-refractivity contribution in [1.29, 1.82) is 5.26 Å². The molecule has 118 valence electrons. The SMILES string of the molecule is N#Cc1cc(-n2cnc(C(=O)O)c2)ccc1OC1CCCCC1. The Kier molecular flexibility index (Phi) is 4.29. The van der Waals surface area contributed by atoms with Gasteiger partial charge in [0.05, 0.1) is 11.7 Å². The summed E-state index contributed by atoms with van der Waals surface area (Å²) in [5.74, 6) is -0.497. The minimum Gasteiger partial charge on any atom is -0.489 e. The summed E-state index contributed by atoms with van der Waals surface area (Å²) in [6, 6.07) is 7.40. The molecule has 1 saturated carbocycles. The molecule has 2 aromatic rings. The molecule has 1 aromatic heterocycles. The molecule has 23 heavy (non-hydrogen) atoms. The highest BCUT2D eigenvalue weighted by molar-refractivity contribution is 5.85. The molecule has 1 heterocycles. The van der Waals surface area contributed by atoms with Gasteiger partial charge in [0.2, 0.25) is 0 Å². The van der Waals surface area contributed by atoms with Gasteiger partial charge in [-0.3, -0.25) is 0 Å². The van der Waals surface area contributed by atoms with Crippen molar-refractivity contribution < 1.29 is 14.6 Å². The first-order valence-corrected chi connectivity index (χ1v) is 7.66. The van der Waals surface area contributed by atoms with Crippen molar-refractivity contribution in [3.05, 3.63) is 42.0 Å². The molecule has 6 nitrogen and oxygen atoms in total. The molecule has 1 aliphatic carbocycles. The van der Waals surface area contributed by atoms with Crippen molar-refractivity contribution in [3.8, 4) is 17.5 Å². The Morgan fingerprint density at radius 2 is 2.13 bits per heavy atom. The Bertz CT molecular complexity index is 755. The van der Waals surface area contributed by atoms with E-state index in [0.717, 1.165) is 25.7 Å². The molecule has 3 rings (SSSR count). The van der Waals surface area contributed by atoms with Crippen molar-refractivity contribution in [1.82, 2.24) is 9.55 Å². The number of hydrogen-bond acceptors (Lipinski definition) is 4. The molecule has 0 unspecified atom stereocenters. The third-order valence-electron chi connectivity index (χ3n) is 4.03. The fourth-order valence-electron chi connectivity index (χ4n) is 2.81. The van der Waals surface area contributed by atoms with Crippen molar-refractivity contribution in [2.75, 3.05) is 0 Å². The first-order chi connectivity index (χ1) is 11.2. The Hall–Kier alpha value is -2.81. The average Bonchev–Trinajstić information content (AvgIpc) is 3.06. The van der Waals surface area contributed by atoms with Gasteiger partial charge in [-0.05, 0) is 43.9 Å². The van der Waals surface area contributed by atoms with E-state index in [1.807, 2.05) is 0 Å². The van der Waals surface area contributed by atoms with Crippen LogP contribution in [0.5, 0.6) is 5.75 Å². The summed E-state index contributed by atoms with van der Waals surface area (Å²) < 4.78 is 7.55. The predicted molar refractivity (Wildman–Crippen MR) is 82.7 cm³/mol. The number of carboxylic acids is 1. The Morgan fingerprint density at radius 3 is 2.78 bits per heavy atom. The van der Waals surface area contributed by atoms with Crippen LogP contribution in [0.4, 0.5) is 0 Å². The van der Waals surface area contributed by atoms with Crippen molar-refractivity contribution in [3.63, 3.8) is 0 Å². The van der Waals surface area contributed by atoms with Crippen LogP contribution < -0.4 is 4.74 Å². The lowest BCUT2D eigenvalue weighted by Gasteiger charge is -2.23. The number of imidazole rings is 1. The highest BCUT2D eigenvalue weighted by atomic mass is 16.5. The van der Waals surface area contributed by atoms with Crippen LogP contribution in [0, 0.1) is 11.3 Å². The van der Waals surface area contributed by atoms with Gasteiger partial charge in [-0.2, -0.15) is 5.26 Å². The molecule has 0 bridgehead atoms.